The third-order valence-corrected chi connectivity index (χ3v) is 3.89. The molecular formula is C13H16ClNO2S. The molecule has 1 rings (SSSR count). The molecule has 0 aliphatic rings. The molecule has 0 amide bonds. The van der Waals surface area contributed by atoms with E-state index in [-0.39, 0.29) is 5.97 Å². The van der Waals surface area contributed by atoms with E-state index >= 15 is 0 Å². The van der Waals surface area contributed by atoms with Crippen molar-refractivity contribution in [1.82, 2.24) is 0 Å². The fraction of sp³-hybridized carbons (Fsp3) is 0.308. The van der Waals surface area contributed by atoms with Crippen LogP contribution in [-0.2, 0) is 9.53 Å². The van der Waals surface area contributed by atoms with Crippen LogP contribution in [0.5, 0.6) is 0 Å². The van der Waals surface area contributed by atoms with Crippen molar-refractivity contribution in [2.24, 2.45) is 0 Å². The van der Waals surface area contributed by atoms with Crippen molar-refractivity contribution in [3.63, 3.8) is 0 Å². The maximum Gasteiger partial charge on any atom is 0.333 e. The first-order valence-electron chi connectivity index (χ1n) is 5.54. The third-order valence-electron chi connectivity index (χ3n) is 2.38. The van der Waals surface area contributed by atoms with Crippen molar-refractivity contribution in [2.45, 2.75) is 18.2 Å². The minimum Gasteiger partial charge on any atom is -0.466 e. The molecule has 0 unspecified atom stereocenters. The van der Waals surface area contributed by atoms with E-state index in [9.17, 15) is 4.79 Å². The van der Waals surface area contributed by atoms with Crippen LogP contribution in [-0.4, -0.2) is 18.8 Å². The maximum atomic E-state index is 11.4. The average molecular weight is 286 g/mol. The molecule has 0 aliphatic heterocycles. The number of nitrogen functional groups attached to an aromatic ring is 1. The van der Waals surface area contributed by atoms with Crippen LogP contribution < -0.4 is 5.73 Å². The highest BCUT2D eigenvalue weighted by Gasteiger charge is 2.08. The van der Waals surface area contributed by atoms with Crippen molar-refractivity contribution in [1.29, 1.82) is 0 Å². The zero-order chi connectivity index (χ0) is 13.5. The van der Waals surface area contributed by atoms with Crippen molar-refractivity contribution in [3.05, 3.63) is 34.9 Å². The second kappa shape index (κ2) is 7.34. The minimum atomic E-state index is -0.287. The van der Waals surface area contributed by atoms with Crippen molar-refractivity contribution >= 4 is 35.0 Å². The van der Waals surface area contributed by atoms with Gasteiger partial charge in [-0.1, -0.05) is 30.7 Å². The van der Waals surface area contributed by atoms with E-state index in [1.807, 2.05) is 19.1 Å². The topological polar surface area (TPSA) is 52.3 Å². The molecule has 0 fully saturated rings. The largest absolute Gasteiger partial charge is 0.466 e. The lowest BCUT2D eigenvalue weighted by molar-refractivity contribution is -0.136. The maximum absolute atomic E-state index is 11.4. The lowest BCUT2D eigenvalue weighted by atomic mass is 10.2. The lowest BCUT2D eigenvalue weighted by Gasteiger charge is -2.06. The number of methoxy groups -OCH3 is 1. The third kappa shape index (κ3) is 3.96. The molecule has 5 heteroatoms. The number of hydrogen-bond acceptors (Lipinski definition) is 4. The minimum absolute atomic E-state index is 0.287. The standard InChI is InChI=1S/C13H16ClNO2S/c1-3-9(13(16)17-2)7-8-18-12-10(14)5-4-6-11(12)15/h4-7H,3,8,15H2,1-2H3. The number of rotatable bonds is 5. The number of anilines is 1. The molecule has 0 atom stereocenters. The van der Waals surface area contributed by atoms with Crippen LogP contribution in [0.4, 0.5) is 5.69 Å². The van der Waals surface area contributed by atoms with E-state index in [0.717, 1.165) is 4.90 Å². The number of ether oxygens (including phenoxy) is 1. The van der Waals surface area contributed by atoms with Gasteiger partial charge in [0.25, 0.3) is 0 Å². The van der Waals surface area contributed by atoms with Crippen LogP contribution in [0.1, 0.15) is 13.3 Å². The van der Waals surface area contributed by atoms with Crippen LogP contribution in [0.25, 0.3) is 0 Å². The predicted molar refractivity (Wildman–Crippen MR) is 77.0 cm³/mol. The van der Waals surface area contributed by atoms with Gasteiger partial charge >= 0.3 is 5.97 Å². The first-order chi connectivity index (χ1) is 8.60. The second-order valence-electron chi connectivity index (χ2n) is 3.54. The van der Waals surface area contributed by atoms with Gasteiger partial charge in [0, 0.05) is 21.9 Å². The number of nitrogens with two attached hydrogens (primary N) is 1. The van der Waals surface area contributed by atoms with Gasteiger partial charge in [-0.2, -0.15) is 0 Å². The van der Waals surface area contributed by atoms with Gasteiger partial charge in [-0.15, -0.1) is 11.8 Å². The van der Waals surface area contributed by atoms with Gasteiger partial charge in [-0.25, -0.2) is 4.79 Å². The molecule has 0 saturated carbocycles. The molecule has 98 valence electrons. The molecule has 1 aromatic rings. The van der Waals surface area contributed by atoms with E-state index in [0.29, 0.717) is 28.5 Å². The van der Waals surface area contributed by atoms with Gasteiger partial charge < -0.3 is 10.5 Å². The highest BCUT2D eigenvalue weighted by Crippen LogP contribution is 2.32. The van der Waals surface area contributed by atoms with E-state index < -0.39 is 0 Å². The van der Waals surface area contributed by atoms with Crippen LogP contribution in [0.15, 0.2) is 34.7 Å². The average Bonchev–Trinajstić information content (AvgIpc) is 2.37. The fourth-order valence-electron chi connectivity index (χ4n) is 1.41. The summed E-state index contributed by atoms with van der Waals surface area (Å²) in [4.78, 5) is 12.2. The van der Waals surface area contributed by atoms with E-state index in [4.69, 9.17) is 17.3 Å². The number of esters is 1. The molecule has 0 radical (unpaired) electrons. The Balaban J connectivity index is 2.71. The Morgan fingerprint density at radius 3 is 2.83 bits per heavy atom. The van der Waals surface area contributed by atoms with Crippen molar-refractivity contribution in [3.8, 4) is 0 Å². The molecule has 0 bridgehead atoms. The second-order valence-corrected chi connectivity index (χ2v) is 4.98. The molecule has 3 nitrogen and oxygen atoms in total. The summed E-state index contributed by atoms with van der Waals surface area (Å²) >= 11 is 7.56. The summed E-state index contributed by atoms with van der Waals surface area (Å²) < 4.78 is 4.69. The summed E-state index contributed by atoms with van der Waals surface area (Å²) in [6.45, 7) is 1.91. The van der Waals surface area contributed by atoms with Gasteiger partial charge in [0.05, 0.1) is 12.1 Å². The molecule has 0 aliphatic carbocycles. The summed E-state index contributed by atoms with van der Waals surface area (Å²) in [5.41, 5.74) is 7.15. The Kier molecular flexibility index (Phi) is 6.09. The summed E-state index contributed by atoms with van der Waals surface area (Å²) in [6, 6.07) is 5.41. The predicted octanol–water partition coefficient (Wildman–Crippen LogP) is 3.52. The summed E-state index contributed by atoms with van der Waals surface area (Å²) in [6.07, 6.45) is 2.49. The Hall–Kier alpha value is -1.13. The Bertz CT molecular complexity index is 440. The normalized spacial score (nSPS) is 11.4. The van der Waals surface area contributed by atoms with Crippen LogP contribution in [0, 0.1) is 0 Å². The Labute approximate surface area is 116 Å². The van der Waals surface area contributed by atoms with E-state index in [1.165, 1.54) is 18.9 Å². The Morgan fingerprint density at radius 2 is 2.28 bits per heavy atom. The molecule has 0 aromatic heterocycles. The van der Waals surface area contributed by atoms with Crippen molar-refractivity contribution < 1.29 is 9.53 Å². The van der Waals surface area contributed by atoms with Gasteiger partial charge in [0.1, 0.15) is 0 Å². The smallest absolute Gasteiger partial charge is 0.333 e. The van der Waals surface area contributed by atoms with Crippen LogP contribution in [0.3, 0.4) is 0 Å². The molecule has 0 spiro atoms. The fourth-order valence-corrected chi connectivity index (χ4v) is 2.64. The summed E-state index contributed by atoms with van der Waals surface area (Å²) in [7, 11) is 1.38. The highest BCUT2D eigenvalue weighted by molar-refractivity contribution is 7.99. The lowest BCUT2D eigenvalue weighted by Crippen LogP contribution is -2.04. The highest BCUT2D eigenvalue weighted by atomic mass is 35.5. The molecule has 0 saturated heterocycles. The molecule has 0 heterocycles. The first-order valence-corrected chi connectivity index (χ1v) is 6.90. The summed E-state index contributed by atoms with van der Waals surface area (Å²) in [5.74, 6) is 0.344. The number of carbonyl (C=O) groups is 1. The molecule has 2 N–H and O–H groups in total. The van der Waals surface area contributed by atoms with E-state index in [2.05, 4.69) is 4.74 Å². The number of benzene rings is 1. The zero-order valence-electron chi connectivity index (χ0n) is 10.4. The first kappa shape index (κ1) is 14.9. The zero-order valence-corrected chi connectivity index (χ0v) is 12.0. The van der Waals surface area contributed by atoms with Crippen molar-refractivity contribution in [2.75, 3.05) is 18.6 Å². The molecular weight excluding hydrogens is 270 g/mol. The SMILES string of the molecule is CCC(=CCSc1c(N)cccc1Cl)C(=O)OC. The number of hydrogen-bond donors (Lipinski definition) is 1. The number of halogens is 1. The van der Waals surface area contributed by atoms with E-state index in [1.54, 1.807) is 12.1 Å². The monoisotopic (exact) mass is 285 g/mol. The Morgan fingerprint density at radius 1 is 1.56 bits per heavy atom. The quantitative estimate of drug-likeness (QED) is 0.389. The van der Waals surface area contributed by atoms with Gasteiger partial charge in [-0.05, 0) is 18.6 Å². The van der Waals surface area contributed by atoms with Crippen LogP contribution in [0.2, 0.25) is 5.02 Å². The number of carbonyl (C=O) groups excluding carboxylic acids is 1. The number of thioether (sulfide) groups is 1. The summed E-state index contributed by atoms with van der Waals surface area (Å²) in [5, 5.41) is 0.629. The van der Waals surface area contributed by atoms with Gasteiger partial charge in [0.15, 0.2) is 0 Å². The van der Waals surface area contributed by atoms with Gasteiger partial charge in [-0.3, -0.25) is 0 Å². The molecule has 1 aromatic carbocycles. The van der Waals surface area contributed by atoms with Crippen LogP contribution >= 0.6 is 23.4 Å². The molecule has 18 heavy (non-hydrogen) atoms. The van der Waals surface area contributed by atoms with Gasteiger partial charge in [0.2, 0.25) is 0 Å².